The number of carbonyl (C=O) groups is 2. The molecule has 0 saturated heterocycles. The first-order chi connectivity index (χ1) is 13.6. The molecule has 0 spiro atoms. The van der Waals surface area contributed by atoms with Gasteiger partial charge in [-0.2, -0.15) is 13.2 Å². The fourth-order valence-electron chi connectivity index (χ4n) is 2.52. The van der Waals surface area contributed by atoms with Crippen LogP contribution in [0.4, 0.5) is 18.9 Å². The molecule has 7 heteroatoms. The summed E-state index contributed by atoms with van der Waals surface area (Å²) in [5.74, 6) is -0.863. The largest absolute Gasteiger partial charge is 0.508 e. The molecule has 2 aromatic carbocycles. The van der Waals surface area contributed by atoms with Gasteiger partial charge < -0.3 is 10.0 Å². The minimum absolute atomic E-state index is 0.0977. The van der Waals surface area contributed by atoms with E-state index in [2.05, 4.69) is 0 Å². The SMILES string of the molecule is CN(C)c1ccc(C(F)(F)F)cc1/C=C/C(=O)CC(=O)/C=C/c1ccc(O)cc1. The number of benzene rings is 2. The topological polar surface area (TPSA) is 57.6 Å². The number of nitrogens with zero attached hydrogens (tertiary/aromatic N) is 1. The molecule has 0 atom stereocenters. The lowest BCUT2D eigenvalue weighted by atomic mass is 10.1. The molecule has 0 saturated carbocycles. The lowest BCUT2D eigenvalue weighted by molar-refractivity contribution is -0.137. The van der Waals surface area contributed by atoms with Crippen LogP contribution in [0.1, 0.15) is 23.1 Å². The van der Waals surface area contributed by atoms with Gasteiger partial charge in [-0.05, 0) is 59.7 Å². The van der Waals surface area contributed by atoms with Gasteiger partial charge >= 0.3 is 6.18 Å². The van der Waals surface area contributed by atoms with Crippen molar-refractivity contribution in [3.8, 4) is 5.75 Å². The molecule has 0 aromatic heterocycles. The molecule has 0 unspecified atom stereocenters. The van der Waals surface area contributed by atoms with Gasteiger partial charge in [-0.25, -0.2) is 0 Å². The summed E-state index contributed by atoms with van der Waals surface area (Å²) in [4.78, 5) is 25.6. The summed E-state index contributed by atoms with van der Waals surface area (Å²) < 4.78 is 38.8. The number of carbonyl (C=O) groups excluding carboxylic acids is 2. The lowest BCUT2D eigenvalue weighted by Gasteiger charge is -2.17. The van der Waals surface area contributed by atoms with Crippen molar-refractivity contribution < 1.29 is 27.9 Å². The molecule has 152 valence electrons. The number of rotatable bonds is 7. The molecule has 0 radical (unpaired) electrons. The van der Waals surface area contributed by atoms with Crippen LogP contribution in [0.15, 0.2) is 54.6 Å². The third-order valence-corrected chi connectivity index (χ3v) is 3.99. The number of anilines is 1. The Kier molecular flexibility index (Phi) is 6.98. The zero-order valence-electron chi connectivity index (χ0n) is 15.9. The van der Waals surface area contributed by atoms with Crippen molar-refractivity contribution in [2.75, 3.05) is 19.0 Å². The summed E-state index contributed by atoms with van der Waals surface area (Å²) in [5, 5.41) is 9.21. The second-order valence-electron chi connectivity index (χ2n) is 6.53. The number of phenolic OH excluding ortho intramolecular Hbond substituents is 1. The molecule has 0 amide bonds. The zero-order chi connectivity index (χ0) is 21.6. The molecule has 29 heavy (non-hydrogen) atoms. The van der Waals surface area contributed by atoms with E-state index in [1.807, 2.05) is 0 Å². The number of halogens is 3. The van der Waals surface area contributed by atoms with Crippen molar-refractivity contribution in [1.29, 1.82) is 0 Å². The fourth-order valence-corrected chi connectivity index (χ4v) is 2.52. The summed E-state index contributed by atoms with van der Waals surface area (Å²) in [7, 11) is 3.36. The van der Waals surface area contributed by atoms with Crippen LogP contribution in [0, 0.1) is 0 Å². The highest BCUT2D eigenvalue weighted by Gasteiger charge is 2.30. The average molecular weight is 403 g/mol. The van der Waals surface area contributed by atoms with Crippen molar-refractivity contribution in [2.45, 2.75) is 12.6 Å². The number of ketones is 2. The van der Waals surface area contributed by atoms with E-state index < -0.39 is 29.7 Å². The first-order valence-corrected chi connectivity index (χ1v) is 8.65. The van der Waals surface area contributed by atoms with E-state index >= 15 is 0 Å². The standard InChI is InChI=1S/C22H20F3NO3/c1-26(2)21-12-7-17(22(23,24)25)13-16(21)6-11-20(29)14-19(28)10-5-15-3-8-18(27)9-4-15/h3-13,27H,14H2,1-2H3/b10-5+,11-6+. The summed E-state index contributed by atoms with van der Waals surface area (Å²) in [6.07, 6.45) is 0.246. The Hall–Kier alpha value is -3.35. The average Bonchev–Trinajstić information content (AvgIpc) is 2.65. The van der Waals surface area contributed by atoms with Crippen LogP contribution < -0.4 is 4.90 Å². The van der Waals surface area contributed by atoms with E-state index in [-0.39, 0.29) is 11.3 Å². The summed E-state index contributed by atoms with van der Waals surface area (Å²) >= 11 is 0. The number of hydrogen-bond acceptors (Lipinski definition) is 4. The van der Waals surface area contributed by atoms with Gasteiger partial charge in [0.2, 0.25) is 0 Å². The predicted molar refractivity (Wildman–Crippen MR) is 107 cm³/mol. The fraction of sp³-hybridized carbons (Fsp3) is 0.182. The van der Waals surface area contributed by atoms with Crippen LogP contribution in [0.5, 0.6) is 5.75 Å². The molecule has 0 aliphatic carbocycles. The third-order valence-electron chi connectivity index (χ3n) is 3.99. The second kappa shape index (κ2) is 9.23. The van der Waals surface area contributed by atoms with E-state index in [9.17, 15) is 27.9 Å². The van der Waals surface area contributed by atoms with Crippen LogP contribution in [-0.4, -0.2) is 30.8 Å². The first-order valence-electron chi connectivity index (χ1n) is 8.65. The maximum atomic E-state index is 12.9. The predicted octanol–water partition coefficient (Wildman–Crippen LogP) is 4.73. The van der Waals surface area contributed by atoms with Crippen LogP contribution in [0.25, 0.3) is 12.2 Å². The highest BCUT2D eigenvalue weighted by Crippen LogP contribution is 2.33. The molecule has 0 aliphatic heterocycles. The maximum Gasteiger partial charge on any atom is 0.416 e. The Labute approximate surface area is 166 Å². The molecule has 0 fully saturated rings. The highest BCUT2D eigenvalue weighted by molar-refractivity contribution is 6.11. The zero-order valence-corrected chi connectivity index (χ0v) is 15.9. The van der Waals surface area contributed by atoms with Gasteiger partial charge in [0.25, 0.3) is 0 Å². The molecule has 0 heterocycles. The van der Waals surface area contributed by atoms with Gasteiger partial charge in [-0.15, -0.1) is 0 Å². The summed E-state index contributed by atoms with van der Waals surface area (Å²) in [5.41, 5.74) is 0.604. The van der Waals surface area contributed by atoms with E-state index in [1.165, 1.54) is 36.4 Å². The smallest absolute Gasteiger partial charge is 0.416 e. The van der Waals surface area contributed by atoms with Gasteiger partial charge in [-0.3, -0.25) is 9.59 Å². The Morgan fingerprint density at radius 3 is 2.10 bits per heavy atom. The molecule has 2 rings (SSSR count). The van der Waals surface area contributed by atoms with Crippen LogP contribution in [0.3, 0.4) is 0 Å². The van der Waals surface area contributed by atoms with Crippen molar-refractivity contribution in [2.24, 2.45) is 0 Å². The normalized spacial score (nSPS) is 11.9. The Morgan fingerprint density at radius 2 is 1.55 bits per heavy atom. The van der Waals surface area contributed by atoms with E-state index in [0.717, 1.165) is 18.2 Å². The number of phenols is 1. The van der Waals surface area contributed by atoms with Gasteiger partial charge in [0.05, 0.1) is 12.0 Å². The minimum Gasteiger partial charge on any atom is -0.508 e. The first kappa shape index (κ1) is 21.9. The quantitative estimate of drug-likeness (QED) is 0.536. The minimum atomic E-state index is -4.49. The Morgan fingerprint density at radius 1 is 0.966 bits per heavy atom. The second-order valence-corrected chi connectivity index (χ2v) is 6.53. The van der Waals surface area contributed by atoms with Crippen molar-refractivity contribution in [3.63, 3.8) is 0 Å². The Bertz CT molecular complexity index is 943. The third kappa shape index (κ3) is 6.64. The van der Waals surface area contributed by atoms with Gasteiger partial charge in [0.1, 0.15) is 5.75 Å². The molecule has 4 nitrogen and oxygen atoms in total. The van der Waals surface area contributed by atoms with Gasteiger partial charge in [0, 0.05) is 19.8 Å². The van der Waals surface area contributed by atoms with Crippen molar-refractivity contribution in [1.82, 2.24) is 0 Å². The number of aromatic hydroxyl groups is 1. The van der Waals surface area contributed by atoms with E-state index in [1.54, 1.807) is 31.1 Å². The van der Waals surface area contributed by atoms with Crippen LogP contribution >= 0.6 is 0 Å². The number of hydrogen-bond donors (Lipinski definition) is 1. The van der Waals surface area contributed by atoms with Crippen molar-refractivity contribution >= 4 is 29.4 Å². The van der Waals surface area contributed by atoms with E-state index in [4.69, 9.17) is 0 Å². The van der Waals surface area contributed by atoms with Crippen LogP contribution in [-0.2, 0) is 15.8 Å². The van der Waals surface area contributed by atoms with Gasteiger partial charge in [0.15, 0.2) is 11.6 Å². The van der Waals surface area contributed by atoms with Crippen molar-refractivity contribution in [3.05, 3.63) is 71.3 Å². The van der Waals surface area contributed by atoms with E-state index in [0.29, 0.717) is 11.3 Å². The molecule has 0 aliphatic rings. The highest BCUT2D eigenvalue weighted by atomic mass is 19.4. The maximum absolute atomic E-state index is 12.9. The molecular formula is C22H20F3NO3. The number of alkyl halides is 3. The lowest BCUT2D eigenvalue weighted by Crippen LogP contribution is -2.12. The summed E-state index contributed by atoms with van der Waals surface area (Å²) in [6, 6.07) is 9.43. The monoisotopic (exact) mass is 403 g/mol. The Balaban J connectivity index is 2.09. The van der Waals surface area contributed by atoms with Crippen LogP contribution in [0.2, 0.25) is 0 Å². The van der Waals surface area contributed by atoms with Gasteiger partial charge in [-0.1, -0.05) is 18.2 Å². The molecular weight excluding hydrogens is 383 g/mol. The molecule has 2 aromatic rings. The molecule has 0 bridgehead atoms. The summed E-state index contributed by atoms with van der Waals surface area (Å²) in [6.45, 7) is 0. The molecule has 1 N–H and O–H groups in total. The number of allylic oxidation sites excluding steroid dienone is 2.